The van der Waals surface area contributed by atoms with Gasteiger partial charge in [-0.1, -0.05) is 38.1 Å². The smallest absolute Gasteiger partial charge is 0.255 e. The maximum absolute atomic E-state index is 13.0. The van der Waals surface area contributed by atoms with E-state index in [0.717, 1.165) is 25.2 Å². The second-order valence-electron chi connectivity index (χ2n) is 8.39. The zero-order chi connectivity index (χ0) is 25.0. The van der Waals surface area contributed by atoms with Crippen LogP contribution in [-0.2, 0) is 23.0 Å². The number of amides is 1. The summed E-state index contributed by atoms with van der Waals surface area (Å²) < 4.78 is 32.6. The van der Waals surface area contributed by atoms with Gasteiger partial charge in [0.1, 0.15) is 5.75 Å². The number of benzene rings is 3. The van der Waals surface area contributed by atoms with Crippen LogP contribution in [0.3, 0.4) is 0 Å². The fourth-order valence-corrected chi connectivity index (χ4v) is 5.88. The average Bonchev–Trinajstić information content (AvgIpc) is 2.89. The SMILES string of the molecule is CCN(CC)S(=O)(=O)c1ccc(OC)c(NC(=O)c2ccc(N3CCc4ccccc4C3)cc2)c1. The number of rotatable bonds is 8. The molecule has 1 amide bonds. The number of carbonyl (C=O) groups excluding carboxylic acids is 1. The molecule has 0 saturated carbocycles. The molecule has 3 aromatic carbocycles. The Hall–Kier alpha value is -3.36. The van der Waals surface area contributed by atoms with E-state index in [1.807, 2.05) is 12.1 Å². The highest BCUT2D eigenvalue weighted by molar-refractivity contribution is 7.89. The van der Waals surface area contributed by atoms with Gasteiger partial charge in [-0.2, -0.15) is 4.31 Å². The molecule has 0 bridgehead atoms. The Kier molecular flexibility index (Phi) is 7.42. The molecule has 0 saturated heterocycles. The molecule has 3 aromatic rings. The van der Waals surface area contributed by atoms with E-state index in [4.69, 9.17) is 4.74 Å². The second-order valence-corrected chi connectivity index (χ2v) is 10.3. The van der Waals surface area contributed by atoms with E-state index in [1.54, 1.807) is 32.0 Å². The van der Waals surface area contributed by atoms with E-state index in [2.05, 4.69) is 34.5 Å². The highest BCUT2D eigenvalue weighted by Gasteiger charge is 2.23. The number of hydrogen-bond donors (Lipinski definition) is 1. The number of anilines is 2. The largest absolute Gasteiger partial charge is 0.495 e. The van der Waals surface area contributed by atoms with Crippen LogP contribution in [0, 0.1) is 0 Å². The van der Waals surface area contributed by atoms with Gasteiger partial charge in [-0.25, -0.2) is 8.42 Å². The first kappa shape index (κ1) is 24.8. The first-order valence-electron chi connectivity index (χ1n) is 11.8. The maximum atomic E-state index is 13.0. The van der Waals surface area contributed by atoms with Crippen molar-refractivity contribution in [2.75, 3.05) is 37.0 Å². The van der Waals surface area contributed by atoms with Gasteiger partial charge in [-0.15, -0.1) is 0 Å². The van der Waals surface area contributed by atoms with Gasteiger partial charge in [0, 0.05) is 37.4 Å². The van der Waals surface area contributed by atoms with Gasteiger partial charge in [-0.3, -0.25) is 4.79 Å². The van der Waals surface area contributed by atoms with Crippen LogP contribution >= 0.6 is 0 Å². The Labute approximate surface area is 207 Å². The molecule has 0 atom stereocenters. The average molecular weight is 494 g/mol. The molecular weight excluding hydrogens is 462 g/mol. The number of hydrogen-bond acceptors (Lipinski definition) is 5. The molecule has 7 nitrogen and oxygen atoms in total. The monoisotopic (exact) mass is 493 g/mol. The minimum atomic E-state index is -3.67. The van der Waals surface area contributed by atoms with Crippen LogP contribution in [0.2, 0.25) is 0 Å². The normalized spacial score (nSPS) is 13.4. The quantitative estimate of drug-likeness (QED) is 0.498. The van der Waals surface area contributed by atoms with Crippen molar-refractivity contribution in [1.29, 1.82) is 0 Å². The molecule has 0 aromatic heterocycles. The summed E-state index contributed by atoms with van der Waals surface area (Å²) in [5, 5.41) is 2.82. The van der Waals surface area contributed by atoms with Crippen molar-refractivity contribution in [2.45, 2.75) is 31.7 Å². The Morgan fingerprint density at radius 2 is 1.69 bits per heavy atom. The predicted molar refractivity (Wildman–Crippen MR) is 139 cm³/mol. The van der Waals surface area contributed by atoms with Gasteiger partial charge in [0.2, 0.25) is 10.0 Å². The van der Waals surface area contributed by atoms with Gasteiger partial charge >= 0.3 is 0 Å². The minimum absolute atomic E-state index is 0.109. The second kappa shape index (κ2) is 10.5. The van der Waals surface area contributed by atoms with Gasteiger partial charge in [-0.05, 0) is 60.0 Å². The summed E-state index contributed by atoms with van der Waals surface area (Å²) in [5.74, 6) is 0.0525. The van der Waals surface area contributed by atoms with E-state index in [9.17, 15) is 13.2 Å². The molecule has 8 heteroatoms. The number of fused-ring (bicyclic) bond motifs is 1. The van der Waals surface area contributed by atoms with Crippen LogP contribution in [0.25, 0.3) is 0 Å². The van der Waals surface area contributed by atoms with Crippen LogP contribution in [0.1, 0.15) is 35.3 Å². The van der Waals surface area contributed by atoms with Crippen LogP contribution in [0.5, 0.6) is 5.75 Å². The number of ether oxygens (including phenoxy) is 1. The van der Waals surface area contributed by atoms with Crippen LogP contribution < -0.4 is 15.0 Å². The molecule has 1 N–H and O–H groups in total. The number of carbonyl (C=O) groups is 1. The lowest BCUT2D eigenvalue weighted by atomic mass is 9.99. The number of methoxy groups -OCH3 is 1. The first-order valence-corrected chi connectivity index (χ1v) is 13.2. The molecular formula is C27H31N3O4S. The molecule has 4 rings (SSSR count). The molecule has 184 valence electrons. The lowest BCUT2D eigenvalue weighted by Gasteiger charge is -2.30. The summed E-state index contributed by atoms with van der Waals surface area (Å²) in [6, 6.07) is 20.4. The van der Waals surface area contributed by atoms with Crippen molar-refractivity contribution in [3.63, 3.8) is 0 Å². The van der Waals surface area contributed by atoms with Crippen molar-refractivity contribution in [3.8, 4) is 5.75 Å². The molecule has 1 aliphatic heterocycles. The molecule has 0 aliphatic carbocycles. The highest BCUT2D eigenvalue weighted by Crippen LogP contribution is 2.30. The molecule has 35 heavy (non-hydrogen) atoms. The van der Waals surface area contributed by atoms with E-state index >= 15 is 0 Å². The zero-order valence-corrected chi connectivity index (χ0v) is 21.1. The van der Waals surface area contributed by atoms with Crippen molar-refractivity contribution < 1.29 is 17.9 Å². The van der Waals surface area contributed by atoms with Crippen molar-refractivity contribution >= 4 is 27.3 Å². The lowest BCUT2D eigenvalue weighted by molar-refractivity contribution is 0.102. The lowest BCUT2D eigenvalue weighted by Crippen LogP contribution is -2.30. The van der Waals surface area contributed by atoms with E-state index in [0.29, 0.717) is 30.1 Å². The standard InChI is InChI=1S/C27H31N3O4S/c1-4-30(5-2)35(32,33)24-14-15-26(34-3)25(18-24)28-27(31)21-10-12-23(13-11-21)29-17-16-20-8-6-7-9-22(20)19-29/h6-15,18H,4-5,16-17,19H2,1-3H3,(H,28,31). The Morgan fingerprint density at radius 1 is 1.00 bits per heavy atom. The molecule has 0 unspecified atom stereocenters. The first-order chi connectivity index (χ1) is 16.9. The summed E-state index contributed by atoms with van der Waals surface area (Å²) in [6.07, 6.45) is 0.991. The van der Waals surface area contributed by atoms with Crippen LogP contribution in [0.15, 0.2) is 71.6 Å². The number of nitrogens with one attached hydrogen (secondary N) is 1. The van der Waals surface area contributed by atoms with Crippen molar-refractivity contribution in [3.05, 3.63) is 83.4 Å². The Morgan fingerprint density at radius 3 is 2.34 bits per heavy atom. The Bertz CT molecular complexity index is 1300. The fourth-order valence-electron chi connectivity index (χ4n) is 4.39. The number of nitrogens with zero attached hydrogens (tertiary/aromatic N) is 2. The van der Waals surface area contributed by atoms with Crippen LogP contribution in [0.4, 0.5) is 11.4 Å². The summed E-state index contributed by atoms with van der Waals surface area (Å²) in [4.78, 5) is 15.4. The van der Waals surface area contributed by atoms with Gasteiger partial charge < -0.3 is 15.0 Å². The molecule has 1 heterocycles. The Balaban J connectivity index is 1.52. The summed E-state index contributed by atoms with van der Waals surface area (Å²) in [7, 11) is -2.19. The summed E-state index contributed by atoms with van der Waals surface area (Å²) in [6.45, 7) is 6.07. The molecule has 0 fully saturated rings. The van der Waals surface area contributed by atoms with Crippen molar-refractivity contribution in [2.24, 2.45) is 0 Å². The van der Waals surface area contributed by atoms with Gasteiger partial charge in [0.15, 0.2) is 0 Å². The topological polar surface area (TPSA) is 79.0 Å². The third kappa shape index (κ3) is 5.18. The summed E-state index contributed by atoms with van der Waals surface area (Å²) >= 11 is 0. The highest BCUT2D eigenvalue weighted by atomic mass is 32.2. The number of sulfonamides is 1. The van der Waals surface area contributed by atoms with Crippen LogP contribution in [-0.4, -0.2) is 45.4 Å². The van der Waals surface area contributed by atoms with Crippen molar-refractivity contribution in [1.82, 2.24) is 4.31 Å². The molecule has 0 radical (unpaired) electrons. The van der Waals surface area contributed by atoms with E-state index in [1.165, 1.54) is 34.7 Å². The minimum Gasteiger partial charge on any atom is -0.495 e. The van der Waals surface area contributed by atoms with Gasteiger partial charge in [0.05, 0.1) is 17.7 Å². The van der Waals surface area contributed by atoms with E-state index < -0.39 is 10.0 Å². The van der Waals surface area contributed by atoms with Gasteiger partial charge in [0.25, 0.3) is 5.91 Å². The molecule has 1 aliphatic rings. The maximum Gasteiger partial charge on any atom is 0.255 e. The molecule has 0 spiro atoms. The summed E-state index contributed by atoms with van der Waals surface area (Å²) in [5.41, 5.74) is 4.56. The third-order valence-corrected chi connectivity index (χ3v) is 8.43. The zero-order valence-electron chi connectivity index (χ0n) is 20.3. The predicted octanol–water partition coefficient (Wildman–Crippen LogP) is 4.54. The van der Waals surface area contributed by atoms with E-state index in [-0.39, 0.29) is 10.8 Å². The fraction of sp³-hybridized carbons (Fsp3) is 0.296. The third-order valence-electron chi connectivity index (χ3n) is 6.39.